The van der Waals surface area contributed by atoms with Crippen molar-refractivity contribution < 1.29 is 30.0 Å². The van der Waals surface area contributed by atoms with E-state index in [2.05, 4.69) is 10.2 Å². The van der Waals surface area contributed by atoms with E-state index >= 15 is 0 Å². The molecule has 4 fully saturated rings. The fraction of sp³-hybridized carbons (Fsp3) is 0.800. The molecule has 0 aromatic heterocycles. The Morgan fingerprint density at radius 2 is 0.857 bits per heavy atom. The van der Waals surface area contributed by atoms with Crippen molar-refractivity contribution >= 4 is 23.0 Å². The Bertz CT molecular complexity index is 659. The fourth-order valence-electron chi connectivity index (χ4n) is 5.40. The van der Waals surface area contributed by atoms with Crippen LogP contribution in [0.15, 0.2) is 10.2 Å². The van der Waals surface area contributed by atoms with Gasteiger partial charge in [0.1, 0.15) is 11.6 Å². The average Bonchev–Trinajstić information content (AvgIpc) is 2.66. The van der Waals surface area contributed by atoms with Crippen LogP contribution in [0.25, 0.3) is 0 Å². The highest BCUT2D eigenvalue weighted by Gasteiger charge is 2.45. The summed E-state index contributed by atoms with van der Waals surface area (Å²) >= 11 is 0. The molecule has 4 saturated carbocycles. The lowest BCUT2D eigenvalue weighted by molar-refractivity contribution is -0.130. The molecule has 0 spiro atoms. The lowest BCUT2D eigenvalue weighted by Gasteiger charge is -2.40. The van der Waals surface area contributed by atoms with Crippen LogP contribution in [0.4, 0.5) is 0 Å². The van der Waals surface area contributed by atoms with Gasteiger partial charge in [-0.25, -0.2) is 0 Å². The highest BCUT2D eigenvalue weighted by molar-refractivity contribution is 6.01. The van der Waals surface area contributed by atoms with Crippen molar-refractivity contribution in [2.45, 2.75) is 75.8 Å². The van der Waals surface area contributed by atoms with Crippen LogP contribution in [0.5, 0.6) is 0 Å². The van der Waals surface area contributed by atoms with Gasteiger partial charge in [0.2, 0.25) is 0 Å². The monoisotopic (exact) mass is 392 g/mol. The number of aliphatic hydroxyl groups excluding tert-OH is 4. The van der Waals surface area contributed by atoms with Crippen molar-refractivity contribution in [2.75, 3.05) is 0 Å². The lowest BCUT2D eigenvalue weighted by Crippen LogP contribution is -2.47. The molecule has 0 bridgehead atoms. The van der Waals surface area contributed by atoms with E-state index in [-0.39, 0.29) is 48.1 Å². The molecule has 0 radical (unpaired) electrons. The standard InChI is InChI=1S/C20H28N2O6/c23-15-3-1-13(9-5-17(25)19(27)7-11(9)15)21-22-14-2-4-16(24)12-8-20(28)18(26)6-10(12)14/h9-12,17-20,25-28H,1-8H2/b21-13+,22-14+/t9-,10-,11-,12-,17+,18+,19-,20-/m0/s1. The average molecular weight is 392 g/mol. The van der Waals surface area contributed by atoms with Gasteiger partial charge in [-0.2, -0.15) is 10.2 Å². The van der Waals surface area contributed by atoms with E-state index in [4.69, 9.17) is 0 Å². The number of ketones is 2. The highest BCUT2D eigenvalue weighted by atomic mass is 16.3. The Labute approximate surface area is 163 Å². The Hall–Kier alpha value is -1.48. The zero-order valence-electron chi connectivity index (χ0n) is 15.8. The molecule has 28 heavy (non-hydrogen) atoms. The fourth-order valence-corrected chi connectivity index (χ4v) is 5.40. The molecule has 0 unspecified atom stereocenters. The van der Waals surface area contributed by atoms with E-state index in [1.54, 1.807) is 0 Å². The maximum Gasteiger partial charge on any atom is 0.137 e. The zero-order valence-corrected chi connectivity index (χ0v) is 15.8. The summed E-state index contributed by atoms with van der Waals surface area (Å²) in [4.78, 5) is 24.5. The van der Waals surface area contributed by atoms with Crippen molar-refractivity contribution in [1.82, 2.24) is 0 Å². The number of carbonyl (C=O) groups excluding carboxylic acids is 2. The molecular weight excluding hydrogens is 364 g/mol. The molecule has 8 heteroatoms. The Balaban J connectivity index is 1.57. The van der Waals surface area contributed by atoms with Crippen LogP contribution in [-0.4, -0.2) is 67.8 Å². The SMILES string of the molecule is O=C1CC/C(=N\N=C2/CCC(=O)[C@H]3C[C@H](O)[C@H](O)C[C@H]23)[C@H]2C[C@@H](O)[C@@H](O)C[C@H]12. The number of carbonyl (C=O) groups is 2. The van der Waals surface area contributed by atoms with Crippen LogP contribution in [0.2, 0.25) is 0 Å². The first-order chi connectivity index (χ1) is 13.3. The Morgan fingerprint density at radius 3 is 1.21 bits per heavy atom. The molecule has 0 amide bonds. The van der Waals surface area contributed by atoms with Crippen LogP contribution in [-0.2, 0) is 9.59 Å². The third-order valence-electron chi connectivity index (χ3n) is 7.09. The summed E-state index contributed by atoms with van der Waals surface area (Å²) in [6.45, 7) is 0. The number of aliphatic hydroxyl groups is 4. The summed E-state index contributed by atoms with van der Waals surface area (Å²) in [7, 11) is 0. The van der Waals surface area contributed by atoms with Crippen molar-refractivity contribution in [3.8, 4) is 0 Å². The van der Waals surface area contributed by atoms with Crippen LogP contribution in [0, 0.1) is 23.7 Å². The molecule has 4 aliphatic rings. The molecule has 0 saturated heterocycles. The van der Waals surface area contributed by atoms with Gasteiger partial charge < -0.3 is 20.4 Å². The first-order valence-electron chi connectivity index (χ1n) is 10.3. The van der Waals surface area contributed by atoms with Crippen molar-refractivity contribution in [2.24, 2.45) is 33.9 Å². The van der Waals surface area contributed by atoms with Crippen molar-refractivity contribution in [1.29, 1.82) is 0 Å². The predicted octanol–water partition coefficient (Wildman–Crippen LogP) is 0.00520. The second-order valence-electron chi connectivity index (χ2n) is 8.75. The second kappa shape index (κ2) is 7.74. The van der Waals surface area contributed by atoms with Crippen LogP contribution < -0.4 is 0 Å². The maximum atomic E-state index is 12.3. The van der Waals surface area contributed by atoms with Gasteiger partial charge in [-0.15, -0.1) is 0 Å². The van der Waals surface area contributed by atoms with Gasteiger partial charge in [0.15, 0.2) is 0 Å². The Morgan fingerprint density at radius 1 is 0.536 bits per heavy atom. The minimum absolute atomic E-state index is 0.107. The normalized spacial score (nSPS) is 47.1. The number of fused-ring (bicyclic) bond motifs is 2. The van der Waals surface area contributed by atoms with Gasteiger partial charge in [-0.05, 0) is 38.5 Å². The largest absolute Gasteiger partial charge is 0.390 e. The summed E-state index contributed by atoms with van der Waals surface area (Å²) in [6, 6.07) is 0. The molecule has 4 rings (SSSR count). The number of rotatable bonds is 1. The maximum absolute atomic E-state index is 12.3. The van der Waals surface area contributed by atoms with Crippen LogP contribution >= 0.6 is 0 Å². The van der Waals surface area contributed by atoms with Crippen molar-refractivity contribution in [3.63, 3.8) is 0 Å². The molecule has 8 nitrogen and oxygen atoms in total. The van der Waals surface area contributed by atoms with Gasteiger partial charge in [0.25, 0.3) is 0 Å². The molecular formula is C20H28N2O6. The summed E-state index contributed by atoms with van der Waals surface area (Å²) in [5.74, 6) is -0.838. The molecule has 0 aromatic rings. The van der Waals surface area contributed by atoms with Gasteiger partial charge >= 0.3 is 0 Å². The lowest BCUT2D eigenvalue weighted by atomic mass is 9.67. The topological polar surface area (TPSA) is 140 Å². The smallest absolute Gasteiger partial charge is 0.137 e. The van der Waals surface area contributed by atoms with Crippen molar-refractivity contribution in [3.05, 3.63) is 0 Å². The van der Waals surface area contributed by atoms with Crippen LogP contribution in [0.3, 0.4) is 0 Å². The first-order valence-corrected chi connectivity index (χ1v) is 10.3. The summed E-state index contributed by atoms with van der Waals surface area (Å²) < 4.78 is 0. The molecule has 154 valence electrons. The number of hydrogen-bond donors (Lipinski definition) is 4. The Kier molecular flexibility index (Phi) is 5.48. The minimum atomic E-state index is -0.879. The number of hydrogen-bond acceptors (Lipinski definition) is 8. The molecule has 4 aliphatic carbocycles. The number of Topliss-reactive ketones (excluding diaryl/α,β-unsaturated/α-hetero) is 2. The van der Waals surface area contributed by atoms with E-state index in [9.17, 15) is 30.0 Å². The predicted molar refractivity (Wildman–Crippen MR) is 99.8 cm³/mol. The summed E-state index contributed by atoms with van der Waals surface area (Å²) in [5.41, 5.74) is 1.54. The van der Waals surface area contributed by atoms with E-state index in [0.717, 1.165) is 11.4 Å². The molecule has 0 heterocycles. The second-order valence-corrected chi connectivity index (χ2v) is 8.75. The minimum Gasteiger partial charge on any atom is -0.390 e. The first kappa shape index (κ1) is 19.8. The van der Waals surface area contributed by atoms with Gasteiger partial charge in [0.05, 0.1) is 24.4 Å². The van der Waals surface area contributed by atoms with E-state index < -0.39 is 24.4 Å². The third-order valence-corrected chi connectivity index (χ3v) is 7.09. The molecule has 0 aliphatic heterocycles. The van der Waals surface area contributed by atoms with E-state index in [0.29, 0.717) is 38.5 Å². The summed E-state index contributed by atoms with van der Waals surface area (Å²) in [6.07, 6.45) is -0.658. The van der Waals surface area contributed by atoms with E-state index in [1.165, 1.54) is 0 Å². The van der Waals surface area contributed by atoms with Gasteiger partial charge in [-0.1, -0.05) is 0 Å². The quantitative estimate of drug-likeness (QED) is 0.463. The highest BCUT2D eigenvalue weighted by Crippen LogP contribution is 2.39. The zero-order chi connectivity index (χ0) is 20.0. The van der Waals surface area contributed by atoms with E-state index in [1.807, 2.05) is 0 Å². The summed E-state index contributed by atoms with van der Waals surface area (Å²) in [5, 5.41) is 48.8. The third kappa shape index (κ3) is 3.58. The van der Waals surface area contributed by atoms with Gasteiger partial charge in [0, 0.05) is 47.9 Å². The molecule has 0 aromatic carbocycles. The molecule has 8 atom stereocenters. The van der Waals surface area contributed by atoms with Gasteiger partial charge in [-0.3, -0.25) is 9.59 Å². The molecule has 4 N–H and O–H groups in total. The van der Waals surface area contributed by atoms with Crippen LogP contribution in [0.1, 0.15) is 51.4 Å². The number of nitrogens with zero attached hydrogens (tertiary/aromatic N) is 2.